The monoisotopic (exact) mass is 244 g/mol. The van der Waals surface area contributed by atoms with Crippen molar-refractivity contribution in [1.82, 2.24) is 9.55 Å². The van der Waals surface area contributed by atoms with Crippen LogP contribution in [-0.2, 0) is 4.74 Å². The van der Waals surface area contributed by atoms with Crippen molar-refractivity contribution in [3.05, 3.63) is 26.7 Å². The van der Waals surface area contributed by atoms with Gasteiger partial charge in [-0.3, -0.25) is 14.3 Å². The Bertz CT molecular complexity index is 530. The highest BCUT2D eigenvalue weighted by Gasteiger charge is 2.27. The number of aromatic nitrogens is 2. The van der Waals surface area contributed by atoms with Crippen LogP contribution in [0.2, 0.25) is 0 Å². The second kappa shape index (κ2) is 4.33. The molecule has 0 aromatic carbocycles. The van der Waals surface area contributed by atoms with Crippen molar-refractivity contribution >= 4 is 0 Å². The highest BCUT2D eigenvalue weighted by molar-refractivity contribution is 5.11. The zero-order chi connectivity index (χ0) is 12.6. The van der Waals surface area contributed by atoms with Crippen LogP contribution in [-0.4, -0.2) is 27.9 Å². The van der Waals surface area contributed by atoms with Crippen LogP contribution in [0.5, 0.6) is 5.88 Å². The summed E-state index contributed by atoms with van der Waals surface area (Å²) < 4.78 is 19.3. The number of hydrogen-bond donors (Lipinski definition) is 2. The molecule has 94 valence electrons. The summed E-state index contributed by atoms with van der Waals surface area (Å²) in [6.45, 7) is 2.71. The van der Waals surface area contributed by atoms with Crippen molar-refractivity contribution < 1.29 is 14.2 Å². The van der Waals surface area contributed by atoms with E-state index in [0.29, 0.717) is 13.2 Å². The van der Waals surface area contributed by atoms with Gasteiger partial charge < -0.3 is 9.84 Å². The molecule has 1 aromatic rings. The number of ether oxygens (including phenoxy) is 1. The van der Waals surface area contributed by atoms with Gasteiger partial charge in [-0.2, -0.15) is 4.39 Å². The lowest BCUT2D eigenvalue weighted by atomic mass is 10.0. The molecule has 0 radical (unpaired) electrons. The molecule has 0 spiro atoms. The minimum atomic E-state index is -1.34. The molecule has 6 nitrogen and oxygen atoms in total. The molecule has 1 aromatic heterocycles. The summed E-state index contributed by atoms with van der Waals surface area (Å²) in [6, 6.07) is -0.434. The van der Waals surface area contributed by atoms with Crippen LogP contribution in [0.15, 0.2) is 9.59 Å². The fraction of sp³-hybridized carbons (Fsp3) is 0.600. The van der Waals surface area contributed by atoms with E-state index >= 15 is 0 Å². The maximum atomic E-state index is 13.2. The minimum Gasteiger partial charge on any atom is -0.492 e. The van der Waals surface area contributed by atoms with Crippen molar-refractivity contribution in [3.8, 4) is 5.88 Å². The maximum Gasteiger partial charge on any atom is 0.331 e. The largest absolute Gasteiger partial charge is 0.492 e. The number of nitrogens with zero attached hydrogens (tertiary/aromatic N) is 1. The van der Waals surface area contributed by atoms with Gasteiger partial charge >= 0.3 is 5.69 Å². The van der Waals surface area contributed by atoms with Crippen LogP contribution >= 0.6 is 0 Å². The third-order valence-electron chi connectivity index (χ3n) is 3.12. The Hall–Kier alpha value is -1.63. The summed E-state index contributed by atoms with van der Waals surface area (Å²) in [5.74, 6) is -2.24. The predicted molar refractivity (Wildman–Crippen MR) is 56.6 cm³/mol. The molecule has 1 fully saturated rings. The number of H-pyrrole nitrogens is 1. The number of halogens is 1. The normalized spacial score (nSPS) is 21.6. The average molecular weight is 244 g/mol. The second-order valence-corrected chi connectivity index (χ2v) is 4.13. The molecule has 0 amide bonds. The van der Waals surface area contributed by atoms with E-state index in [2.05, 4.69) is 0 Å². The first-order valence-electron chi connectivity index (χ1n) is 5.33. The molecular formula is C10H13FN2O4. The lowest BCUT2D eigenvalue weighted by Crippen LogP contribution is -2.35. The van der Waals surface area contributed by atoms with Gasteiger partial charge in [0.2, 0.25) is 11.7 Å². The van der Waals surface area contributed by atoms with E-state index in [4.69, 9.17) is 4.74 Å². The fourth-order valence-corrected chi connectivity index (χ4v) is 2.04. The summed E-state index contributed by atoms with van der Waals surface area (Å²) >= 11 is 0. The molecule has 0 saturated carbocycles. The SMILES string of the molecule is CC(C1CCOC1)n1c(O)c(F)c(=O)[nH]c1=O. The van der Waals surface area contributed by atoms with E-state index < -0.39 is 29.0 Å². The quantitative estimate of drug-likeness (QED) is 0.765. The number of aromatic amines is 1. The van der Waals surface area contributed by atoms with E-state index in [9.17, 15) is 19.1 Å². The average Bonchev–Trinajstić information content (AvgIpc) is 2.79. The number of hydrogen-bond acceptors (Lipinski definition) is 4. The number of rotatable bonds is 2. The standard InChI is InChI=1S/C10H13FN2O4/c1-5(6-2-3-17-4-6)13-9(15)7(11)8(14)12-10(13)16/h5-6,15H,2-4H2,1H3,(H,12,14,16). The van der Waals surface area contributed by atoms with Gasteiger partial charge in [0.25, 0.3) is 5.56 Å². The Morgan fingerprint density at radius 2 is 2.29 bits per heavy atom. The van der Waals surface area contributed by atoms with Gasteiger partial charge in [-0.25, -0.2) is 4.79 Å². The molecule has 2 atom stereocenters. The first kappa shape index (κ1) is 11.8. The Balaban J connectivity index is 2.48. The molecule has 2 N–H and O–H groups in total. The second-order valence-electron chi connectivity index (χ2n) is 4.13. The van der Waals surface area contributed by atoms with Crippen LogP contribution in [0.1, 0.15) is 19.4 Å². The smallest absolute Gasteiger partial charge is 0.331 e. The maximum absolute atomic E-state index is 13.2. The van der Waals surface area contributed by atoms with Crippen LogP contribution in [0, 0.1) is 11.7 Å². The molecule has 1 aliphatic heterocycles. The molecular weight excluding hydrogens is 231 g/mol. The molecule has 1 saturated heterocycles. The summed E-state index contributed by atoms with van der Waals surface area (Å²) in [7, 11) is 0. The molecule has 0 aliphatic carbocycles. The molecule has 0 bridgehead atoms. The molecule has 2 heterocycles. The molecule has 2 unspecified atom stereocenters. The summed E-state index contributed by atoms with van der Waals surface area (Å²) in [4.78, 5) is 24.3. The molecule has 17 heavy (non-hydrogen) atoms. The van der Waals surface area contributed by atoms with Crippen molar-refractivity contribution in [2.75, 3.05) is 13.2 Å². The van der Waals surface area contributed by atoms with Gasteiger partial charge in [0.1, 0.15) is 0 Å². The number of aromatic hydroxyl groups is 1. The highest BCUT2D eigenvalue weighted by atomic mass is 19.1. The van der Waals surface area contributed by atoms with Gasteiger partial charge in [0, 0.05) is 18.6 Å². The highest BCUT2D eigenvalue weighted by Crippen LogP contribution is 2.27. The zero-order valence-corrected chi connectivity index (χ0v) is 9.27. The van der Waals surface area contributed by atoms with Crippen molar-refractivity contribution in [2.24, 2.45) is 5.92 Å². The van der Waals surface area contributed by atoms with E-state index in [-0.39, 0.29) is 5.92 Å². The fourth-order valence-electron chi connectivity index (χ4n) is 2.04. The van der Waals surface area contributed by atoms with Crippen LogP contribution in [0.4, 0.5) is 4.39 Å². The summed E-state index contributed by atoms with van der Waals surface area (Å²) in [5, 5.41) is 9.52. The summed E-state index contributed by atoms with van der Waals surface area (Å²) in [5.41, 5.74) is -2.02. The Kier molecular flexibility index (Phi) is 3.01. The minimum absolute atomic E-state index is 0.0175. The first-order valence-corrected chi connectivity index (χ1v) is 5.33. The third kappa shape index (κ3) is 1.97. The van der Waals surface area contributed by atoms with Gasteiger partial charge in [0.05, 0.1) is 6.61 Å². The molecule has 1 aliphatic rings. The van der Waals surface area contributed by atoms with Gasteiger partial charge in [-0.15, -0.1) is 0 Å². The van der Waals surface area contributed by atoms with Crippen molar-refractivity contribution in [3.63, 3.8) is 0 Å². The van der Waals surface area contributed by atoms with E-state index in [1.54, 1.807) is 6.92 Å². The number of nitrogens with one attached hydrogen (secondary N) is 1. The Morgan fingerprint density at radius 3 is 2.88 bits per heavy atom. The summed E-state index contributed by atoms with van der Waals surface area (Å²) in [6.07, 6.45) is 0.730. The predicted octanol–water partition coefficient (Wildman–Crippen LogP) is -0.0212. The molecule has 7 heteroatoms. The molecule has 2 rings (SSSR count). The zero-order valence-electron chi connectivity index (χ0n) is 9.27. The van der Waals surface area contributed by atoms with Crippen LogP contribution < -0.4 is 11.2 Å². The van der Waals surface area contributed by atoms with Crippen molar-refractivity contribution in [1.29, 1.82) is 0 Å². The lowest BCUT2D eigenvalue weighted by molar-refractivity contribution is 0.171. The van der Waals surface area contributed by atoms with Gasteiger partial charge in [-0.1, -0.05) is 0 Å². The first-order chi connectivity index (χ1) is 8.02. The van der Waals surface area contributed by atoms with Crippen molar-refractivity contribution in [2.45, 2.75) is 19.4 Å². The van der Waals surface area contributed by atoms with Crippen LogP contribution in [0.3, 0.4) is 0 Å². The Morgan fingerprint density at radius 1 is 1.59 bits per heavy atom. The Labute approximate surface area is 95.7 Å². The third-order valence-corrected chi connectivity index (χ3v) is 3.12. The van der Waals surface area contributed by atoms with E-state index in [1.807, 2.05) is 4.98 Å². The van der Waals surface area contributed by atoms with Gasteiger partial charge in [-0.05, 0) is 13.3 Å². The van der Waals surface area contributed by atoms with Crippen LogP contribution in [0.25, 0.3) is 0 Å². The lowest BCUT2D eigenvalue weighted by Gasteiger charge is -2.20. The van der Waals surface area contributed by atoms with E-state index in [1.165, 1.54) is 0 Å². The topological polar surface area (TPSA) is 84.3 Å². The van der Waals surface area contributed by atoms with E-state index in [0.717, 1.165) is 11.0 Å². The van der Waals surface area contributed by atoms with Gasteiger partial charge in [0.15, 0.2) is 0 Å².